The molecule has 1 aromatic rings. The second-order valence-electron chi connectivity index (χ2n) is 4.65. The average Bonchev–Trinajstić information content (AvgIpc) is 3.06. The van der Waals surface area contributed by atoms with E-state index in [1.165, 1.54) is 0 Å². The summed E-state index contributed by atoms with van der Waals surface area (Å²) >= 11 is 0. The van der Waals surface area contributed by atoms with Gasteiger partial charge in [-0.25, -0.2) is 4.98 Å². The number of nitrogens with one attached hydrogen (secondary N) is 2. The Morgan fingerprint density at radius 2 is 2.18 bits per heavy atom. The molecule has 7 heteroatoms. The standard InChI is InChI=1S/C10H16N4O3/c1-10(4-15,5-16)12-9(17)8-11-7(13-14-8)6-2-3-6/h6,15-16H,2-5H2,1H3,(H,12,17)(H,11,13,14). The molecule has 1 fully saturated rings. The molecule has 0 saturated heterocycles. The highest BCUT2D eigenvalue weighted by molar-refractivity contribution is 5.90. The van der Waals surface area contributed by atoms with Crippen molar-refractivity contribution in [3.8, 4) is 0 Å². The van der Waals surface area contributed by atoms with Crippen LogP contribution in [0.15, 0.2) is 0 Å². The lowest BCUT2D eigenvalue weighted by Gasteiger charge is -2.25. The number of nitrogens with zero attached hydrogens (tertiary/aromatic N) is 2. The quantitative estimate of drug-likeness (QED) is 0.536. The zero-order valence-corrected chi connectivity index (χ0v) is 9.60. The van der Waals surface area contributed by atoms with Crippen molar-refractivity contribution in [3.05, 3.63) is 11.6 Å². The van der Waals surface area contributed by atoms with Crippen LogP contribution < -0.4 is 5.32 Å². The Bertz CT molecular complexity index is 409. The van der Waals surface area contributed by atoms with Crippen LogP contribution >= 0.6 is 0 Å². The number of carbonyl (C=O) groups excluding carboxylic acids is 1. The van der Waals surface area contributed by atoms with Gasteiger partial charge in [0.15, 0.2) is 0 Å². The van der Waals surface area contributed by atoms with Crippen molar-refractivity contribution in [1.82, 2.24) is 20.5 Å². The first kappa shape index (κ1) is 12.0. The molecule has 2 rings (SSSR count). The number of hydrogen-bond acceptors (Lipinski definition) is 5. The molecule has 0 spiro atoms. The molecule has 0 atom stereocenters. The van der Waals surface area contributed by atoms with E-state index in [0.29, 0.717) is 5.92 Å². The lowest BCUT2D eigenvalue weighted by Crippen LogP contribution is -2.52. The molecule has 1 aliphatic carbocycles. The molecule has 0 aromatic carbocycles. The van der Waals surface area contributed by atoms with Crippen molar-refractivity contribution in [1.29, 1.82) is 0 Å². The number of aliphatic hydroxyl groups excluding tert-OH is 2. The van der Waals surface area contributed by atoms with Gasteiger partial charge in [-0.05, 0) is 19.8 Å². The van der Waals surface area contributed by atoms with Crippen LogP contribution in [0, 0.1) is 0 Å². The van der Waals surface area contributed by atoms with E-state index in [1.54, 1.807) is 6.92 Å². The van der Waals surface area contributed by atoms with Gasteiger partial charge in [0.1, 0.15) is 5.82 Å². The highest BCUT2D eigenvalue weighted by Crippen LogP contribution is 2.37. The summed E-state index contributed by atoms with van der Waals surface area (Å²) in [5.74, 6) is 0.662. The van der Waals surface area contributed by atoms with Crippen molar-refractivity contribution in [3.63, 3.8) is 0 Å². The number of aliphatic hydroxyl groups is 2. The average molecular weight is 240 g/mol. The van der Waals surface area contributed by atoms with E-state index in [9.17, 15) is 4.79 Å². The summed E-state index contributed by atoms with van der Waals surface area (Å²) in [6.45, 7) is 0.837. The van der Waals surface area contributed by atoms with Crippen LogP contribution in [0.4, 0.5) is 0 Å². The second kappa shape index (κ2) is 4.42. The number of aromatic amines is 1. The molecule has 0 aliphatic heterocycles. The molecule has 0 unspecified atom stereocenters. The third kappa shape index (κ3) is 2.62. The van der Waals surface area contributed by atoms with Gasteiger partial charge < -0.3 is 15.5 Å². The van der Waals surface area contributed by atoms with Crippen LogP contribution in [-0.2, 0) is 0 Å². The summed E-state index contributed by atoms with van der Waals surface area (Å²) in [4.78, 5) is 15.8. The lowest BCUT2D eigenvalue weighted by molar-refractivity contribution is 0.0715. The minimum Gasteiger partial charge on any atom is -0.394 e. The Labute approximate surface area is 98.3 Å². The Balaban J connectivity index is 2.03. The largest absolute Gasteiger partial charge is 0.394 e. The molecule has 17 heavy (non-hydrogen) atoms. The van der Waals surface area contributed by atoms with Crippen LogP contribution in [0.3, 0.4) is 0 Å². The Kier molecular flexibility index (Phi) is 3.12. The van der Waals surface area contributed by atoms with Crippen LogP contribution in [-0.4, -0.2) is 50.1 Å². The molecule has 4 N–H and O–H groups in total. The highest BCUT2D eigenvalue weighted by Gasteiger charge is 2.30. The summed E-state index contributed by atoms with van der Waals surface area (Å²) in [6, 6.07) is 0. The fourth-order valence-corrected chi connectivity index (χ4v) is 1.37. The van der Waals surface area contributed by atoms with Gasteiger partial charge in [0.25, 0.3) is 5.91 Å². The van der Waals surface area contributed by atoms with Gasteiger partial charge in [-0.15, -0.1) is 5.10 Å². The Morgan fingerprint density at radius 1 is 1.53 bits per heavy atom. The van der Waals surface area contributed by atoms with Crippen molar-refractivity contribution in [2.45, 2.75) is 31.2 Å². The summed E-state index contributed by atoms with van der Waals surface area (Å²) in [5, 5.41) is 27.2. The molecule has 1 amide bonds. The van der Waals surface area contributed by atoms with Crippen LogP contribution in [0.5, 0.6) is 0 Å². The third-order valence-corrected chi connectivity index (χ3v) is 2.78. The number of aromatic nitrogens is 3. The minimum atomic E-state index is -1.06. The van der Waals surface area contributed by atoms with Gasteiger partial charge in [-0.2, -0.15) is 0 Å². The van der Waals surface area contributed by atoms with Gasteiger partial charge in [-0.3, -0.25) is 9.89 Å². The lowest BCUT2D eigenvalue weighted by atomic mass is 10.1. The van der Waals surface area contributed by atoms with E-state index >= 15 is 0 Å². The highest BCUT2D eigenvalue weighted by atomic mass is 16.3. The minimum absolute atomic E-state index is 0.0417. The normalized spacial score (nSPS) is 15.9. The molecule has 7 nitrogen and oxygen atoms in total. The number of H-pyrrole nitrogens is 1. The first-order valence-electron chi connectivity index (χ1n) is 5.54. The maximum absolute atomic E-state index is 11.8. The van der Waals surface area contributed by atoms with Gasteiger partial charge in [0.2, 0.25) is 5.82 Å². The molecular weight excluding hydrogens is 224 g/mol. The summed E-state index contributed by atoms with van der Waals surface area (Å²) in [5.41, 5.74) is -1.06. The van der Waals surface area contributed by atoms with E-state index in [0.717, 1.165) is 18.7 Å². The smallest absolute Gasteiger partial charge is 0.291 e. The fourth-order valence-electron chi connectivity index (χ4n) is 1.37. The fraction of sp³-hybridized carbons (Fsp3) is 0.700. The van der Waals surface area contributed by atoms with Crippen LogP contribution in [0.1, 0.15) is 42.1 Å². The summed E-state index contributed by atoms with van der Waals surface area (Å²) in [7, 11) is 0. The van der Waals surface area contributed by atoms with Gasteiger partial charge >= 0.3 is 0 Å². The topological polar surface area (TPSA) is 111 Å². The van der Waals surface area contributed by atoms with E-state index in [4.69, 9.17) is 10.2 Å². The molecule has 94 valence electrons. The number of amides is 1. The predicted octanol–water partition coefficient (Wildman–Crippen LogP) is -0.845. The van der Waals surface area contributed by atoms with E-state index in [-0.39, 0.29) is 19.0 Å². The third-order valence-electron chi connectivity index (χ3n) is 2.78. The van der Waals surface area contributed by atoms with Crippen molar-refractivity contribution in [2.75, 3.05) is 13.2 Å². The number of carbonyl (C=O) groups is 1. The number of rotatable bonds is 5. The Morgan fingerprint density at radius 3 is 2.71 bits per heavy atom. The molecule has 0 radical (unpaired) electrons. The molecule has 1 heterocycles. The summed E-state index contributed by atoms with van der Waals surface area (Å²) < 4.78 is 0. The van der Waals surface area contributed by atoms with Gasteiger partial charge in [-0.1, -0.05) is 0 Å². The second-order valence-corrected chi connectivity index (χ2v) is 4.65. The zero-order chi connectivity index (χ0) is 12.5. The van der Waals surface area contributed by atoms with Crippen LogP contribution in [0.2, 0.25) is 0 Å². The first-order valence-corrected chi connectivity index (χ1v) is 5.54. The predicted molar refractivity (Wildman–Crippen MR) is 58.4 cm³/mol. The monoisotopic (exact) mass is 240 g/mol. The van der Waals surface area contributed by atoms with Gasteiger partial charge in [0.05, 0.1) is 18.8 Å². The summed E-state index contributed by atoms with van der Waals surface area (Å²) in [6.07, 6.45) is 2.14. The molecule has 0 bridgehead atoms. The first-order chi connectivity index (χ1) is 8.08. The SMILES string of the molecule is CC(CO)(CO)NC(=O)c1n[nH]c(C2CC2)n1. The Hall–Kier alpha value is -1.47. The van der Waals surface area contributed by atoms with E-state index in [1.807, 2.05) is 0 Å². The van der Waals surface area contributed by atoms with E-state index < -0.39 is 11.4 Å². The molecule has 1 aliphatic rings. The maximum Gasteiger partial charge on any atom is 0.291 e. The van der Waals surface area contributed by atoms with Gasteiger partial charge in [0, 0.05) is 5.92 Å². The van der Waals surface area contributed by atoms with Crippen molar-refractivity contribution < 1.29 is 15.0 Å². The molecular formula is C10H16N4O3. The van der Waals surface area contributed by atoms with Crippen molar-refractivity contribution >= 4 is 5.91 Å². The molecule has 1 aromatic heterocycles. The van der Waals surface area contributed by atoms with Crippen LogP contribution in [0.25, 0.3) is 0 Å². The molecule has 1 saturated carbocycles. The maximum atomic E-state index is 11.8. The van der Waals surface area contributed by atoms with Crippen molar-refractivity contribution in [2.24, 2.45) is 0 Å². The zero-order valence-electron chi connectivity index (χ0n) is 9.60. The van der Waals surface area contributed by atoms with E-state index in [2.05, 4.69) is 20.5 Å². The number of hydrogen-bond donors (Lipinski definition) is 4.